The first-order chi connectivity index (χ1) is 19.6. The average Bonchev–Trinajstić information content (AvgIpc) is 3.70. The quantitative estimate of drug-likeness (QED) is 0.254. The smallest absolute Gasteiger partial charge is 1.00 e. The number of hydrogen-bond donors (Lipinski definition) is 3. The zero-order chi connectivity index (χ0) is 29.8. The van der Waals surface area contributed by atoms with Crippen LogP contribution in [0.2, 0.25) is 0 Å². The van der Waals surface area contributed by atoms with Gasteiger partial charge in [-0.05, 0) is 75.3 Å². The Kier molecular flexibility index (Phi) is 18.2. The zero-order valence-electron chi connectivity index (χ0n) is 25.6. The maximum atomic E-state index is 13.4. The Labute approximate surface area is 284 Å². The van der Waals surface area contributed by atoms with Crippen LogP contribution in [0.1, 0.15) is 62.7 Å². The minimum Gasteiger partial charge on any atom is -1.00 e. The molecule has 0 spiro atoms. The molecule has 13 heteroatoms. The SMILES string of the molecule is Cc1nc(CCc2ccc(C(=O)O)c(F)c2)cs1.Cc1nc(CCc2ccc(CO)c(F)c2)cs1.OC1CCCO1.[B].[H-].[Na+]. The fraction of sp³-hybridized carbons (Fsp3) is 0.367. The molecule has 0 bridgehead atoms. The van der Waals surface area contributed by atoms with Crippen LogP contribution in [-0.2, 0) is 37.0 Å². The fourth-order valence-corrected chi connectivity index (χ4v) is 5.21. The van der Waals surface area contributed by atoms with Crippen molar-refractivity contribution in [1.29, 1.82) is 0 Å². The Morgan fingerprint density at radius 2 is 1.49 bits per heavy atom. The van der Waals surface area contributed by atoms with Gasteiger partial charge in [-0.25, -0.2) is 23.5 Å². The molecule has 3 heterocycles. The van der Waals surface area contributed by atoms with Gasteiger partial charge in [-0.15, -0.1) is 22.7 Å². The van der Waals surface area contributed by atoms with Gasteiger partial charge in [0.2, 0.25) is 0 Å². The van der Waals surface area contributed by atoms with E-state index in [-0.39, 0.29) is 57.4 Å². The average molecular weight is 640 g/mol. The number of hydrogen-bond acceptors (Lipinski definition) is 8. The number of carboxylic acid groups (broad SMARTS) is 1. The van der Waals surface area contributed by atoms with E-state index in [1.54, 1.807) is 34.8 Å². The van der Waals surface area contributed by atoms with Crippen LogP contribution in [0.15, 0.2) is 47.2 Å². The van der Waals surface area contributed by atoms with Crippen LogP contribution < -0.4 is 29.6 Å². The summed E-state index contributed by atoms with van der Waals surface area (Å²) < 4.78 is 31.6. The Morgan fingerprint density at radius 1 is 0.953 bits per heavy atom. The number of nitrogens with zero attached hydrogens (tertiary/aromatic N) is 2. The summed E-state index contributed by atoms with van der Waals surface area (Å²) in [6, 6.07) is 9.21. The van der Waals surface area contributed by atoms with Crippen molar-refractivity contribution >= 4 is 37.1 Å². The molecule has 4 aromatic rings. The van der Waals surface area contributed by atoms with E-state index in [1.165, 1.54) is 18.2 Å². The molecule has 5 rings (SSSR count). The summed E-state index contributed by atoms with van der Waals surface area (Å²) in [6.07, 6.45) is 4.36. The summed E-state index contributed by atoms with van der Waals surface area (Å²) in [5, 5.41) is 32.2. The van der Waals surface area contributed by atoms with Crippen LogP contribution in [0, 0.1) is 25.5 Å². The molecule has 1 atom stereocenters. The fourth-order valence-electron chi connectivity index (χ4n) is 3.91. The molecule has 0 saturated carbocycles. The van der Waals surface area contributed by atoms with Crippen molar-refractivity contribution in [3.63, 3.8) is 0 Å². The molecule has 7 nitrogen and oxygen atoms in total. The molecular formula is C30H35BF2N2NaO5S2. The third-order valence-corrected chi connectivity index (χ3v) is 7.77. The second-order valence-corrected chi connectivity index (χ2v) is 11.5. The molecule has 2 aromatic heterocycles. The molecule has 1 aliphatic rings. The zero-order valence-corrected chi connectivity index (χ0v) is 28.2. The molecule has 1 saturated heterocycles. The molecule has 1 fully saturated rings. The van der Waals surface area contributed by atoms with Crippen LogP contribution in [0.4, 0.5) is 8.78 Å². The summed E-state index contributed by atoms with van der Waals surface area (Å²) in [5.74, 6) is -2.26. The Bertz CT molecular complexity index is 1420. The molecule has 2 aromatic carbocycles. The van der Waals surface area contributed by atoms with Crippen LogP contribution in [0.25, 0.3) is 0 Å². The van der Waals surface area contributed by atoms with Gasteiger partial charge in [0.25, 0.3) is 0 Å². The van der Waals surface area contributed by atoms with Crippen LogP contribution in [-0.4, -0.2) is 52.6 Å². The number of rotatable bonds is 8. The van der Waals surface area contributed by atoms with Crippen LogP contribution in [0.5, 0.6) is 0 Å². The molecule has 43 heavy (non-hydrogen) atoms. The first-order valence-corrected chi connectivity index (χ1v) is 14.9. The van der Waals surface area contributed by atoms with Crippen LogP contribution >= 0.6 is 22.7 Å². The topological polar surface area (TPSA) is 113 Å². The number of aromatic nitrogens is 2. The molecule has 225 valence electrons. The second kappa shape index (κ2) is 20.1. The first kappa shape index (κ1) is 39.0. The van der Waals surface area contributed by atoms with E-state index >= 15 is 0 Å². The van der Waals surface area contributed by atoms with Crippen LogP contribution in [0.3, 0.4) is 0 Å². The third kappa shape index (κ3) is 13.7. The van der Waals surface area contributed by atoms with Crippen molar-refractivity contribution in [3.05, 3.63) is 102 Å². The molecule has 0 amide bonds. The normalized spacial score (nSPS) is 13.5. The number of carbonyl (C=O) groups is 1. The number of aryl methyl sites for hydroxylation is 6. The van der Waals surface area contributed by atoms with E-state index in [0.717, 1.165) is 71.2 Å². The summed E-state index contributed by atoms with van der Waals surface area (Å²) in [5.41, 5.74) is 3.81. The third-order valence-electron chi connectivity index (χ3n) is 6.13. The number of aliphatic hydroxyl groups is 2. The summed E-state index contributed by atoms with van der Waals surface area (Å²) in [6.45, 7) is 4.40. The van der Waals surface area contributed by atoms with E-state index in [4.69, 9.17) is 20.1 Å². The van der Waals surface area contributed by atoms with E-state index < -0.39 is 18.1 Å². The van der Waals surface area contributed by atoms with Gasteiger partial charge in [-0.2, -0.15) is 0 Å². The number of halogens is 2. The van der Waals surface area contributed by atoms with Gasteiger partial charge in [0, 0.05) is 37.8 Å². The van der Waals surface area contributed by atoms with Gasteiger partial charge in [-0.1, -0.05) is 18.2 Å². The standard InChI is InChI=1S/C13H12FNO2S.C13H14FNOS.C4H8O2.B.Na.H/c1-8-15-10(7-18-8)4-2-9-3-5-11(13(16)17)12(14)6-9;1-9-15-12(8-17-9)5-3-10-2-4-11(7-16)13(14)6-10;5-4-2-1-3-6-4;;;/h3,5-7H,2,4H2,1H3,(H,16,17);2,4,6,8,16H,3,5,7H2,1H3;4-5H,1-3H2;;;/q;;;;+1;-1. The number of ether oxygens (including phenoxy) is 1. The molecule has 3 radical (unpaired) electrons. The Hall–Kier alpha value is -2.03. The van der Waals surface area contributed by atoms with E-state index in [0.29, 0.717) is 12.0 Å². The van der Waals surface area contributed by atoms with Gasteiger partial charge in [-0.3, -0.25) is 0 Å². The van der Waals surface area contributed by atoms with Crippen molar-refractivity contribution < 1.29 is 64.6 Å². The minimum atomic E-state index is -1.24. The minimum absolute atomic E-state index is 0. The maximum absolute atomic E-state index is 13.4. The van der Waals surface area contributed by atoms with E-state index in [2.05, 4.69) is 9.97 Å². The largest absolute Gasteiger partial charge is 1.00 e. The number of thiazole rings is 2. The summed E-state index contributed by atoms with van der Waals surface area (Å²) >= 11 is 3.22. The van der Waals surface area contributed by atoms with Gasteiger partial charge >= 0.3 is 35.5 Å². The number of carboxylic acids is 1. The number of aliphatic hydroxyl groups excluding tert-OH is 2. The molecule has 3 N–H and O–H groups in total. The predicted molar refractivity (Wildman–Crippen MR) is 162 cm³/mol. The van der Waals surface area contributed by atoms with E-state index in [1.807, 2.05) is 30.7 Å². The van der Waals surface area contributed by atoms with Gasteiger partial charge in [0.1, 0.15) is 11.6 Å². The number of benzene rings is 2. The van der Waals surface area contributed by atoms with Gasteiger partial charge < -0.3 is 21.5 Å². The second-order valence-electron chi connectivity index (χ2n) is 9.39. The van der Waals surface area contributed by atoms with Gasteiger partial charge in [0.15, 0.2) is 6.29 Å². The van der Waals surface area contributed by atoms with Crippen molar-refractivity contribution in [3.8, 4) is 0 Å². The maximum Gasteiger partial charge on any atom is 1.00 e. The molecule has 1 aliphatic heterocycles. The van der Waals surface area contributed by atoms with E-state index in [9.17, 15) is 13.6 Å². The molecule has 1 unspecified atom stereocenters. The van der Waals surface area contributed by atoms with Crippen molar-refractivity contribution in [2.24, 2.45) is 0 Å². The van der Waals surface area contributed by atoms with Crippen molar-refractivity contribution in [2.45, 2.75) is 65.3 Å². The first-order valence-electron chi connectivity index (χ1n) is 13.2. The Morgan fingerprint density at radius 3 is 1.84 bits per heavy atom. The van der Waals surface area contributed by atoms with Gasteiger partial charge in [0.05, 0.1) is 33.6 Å². The van der Waals surface area contributed by atoms with Crippen molar-refractivity contribution in [1.82, 2.24) is 9.97 Å². The monoisotopic (exact) mass is 639 g/mol. The Balaban J connectivity index is 0.000000669. The summed E-state index contributed by atoms with van der Waals surface area (Å²) in [7, 11) is 0. The predicted octanol–water partition coefficient (Wildman–Crippen LogP) is 2.79. The molecular weight excluding hydrogens is 604 g/mol. The van der Waals surface area contributed by atoms with Crippen molar-refractivity contribution in [2.75, 3.05) is 6.61 Å². The molecule has 0 aliphatic carbocycles. The number of aromatic carboxylic acids is 1. The summed E-state index contributed by atoms with van der Waals surface area (Å²) in [4.78, 5) is 19.4.